The van der Waals surface area contributed by atoms with Gasteiger partial charge in [-0.15, -0.1) is 0 Å². The number of ether oxygens (including phenoxy) is 5. The number of nitrogens with one attached hydrogen (secondary N) is 2. The smallest absolute Gasteiger partial charge is 0.406 e. The van der Waals surface area contributed by atoms with Gasteiger partial charge in [0.1, 0.15) is 31.2 Å². The summed E-state index contributed by atoms with van der Waals surface area (Å²) in [5.74, 6) is -0.138. The molecule has 0 spiro atoms. The van der Waals surface area contributed by atoms with Crippen molar-refractivity contribution in [2.24, 2.45) is 0 Å². The van der Waals surface area contributed by atoms with Gasteiger partial charge in [-0.25, -0.2) is 19.7 Å². The number of amides is 1. The van der Waals surface area contributed by atoms with E-state index in [0.717, 1.165) is 13.0 Å². The zero-order valence-electron chi connectivity index (χ0n) is 17.6. The third kappa shape index (κ3) is 3.80. The van der Waals surface area contributed by atoms with Gasteiger partial charge in [0.2, 0.25) is 0 Å². The maximum atomic E-state index is 11.5. The van der Waals surface area contributed by atoms with Crippen molar-refractivity contribution in [2.45, 2.75) is 56.6 Å². The van der Waals surface area contributed by atoms with Crippen LogP contribution in [0.2, 0.25) is 0 Å². The van der Waals surface area contributed by atoms with E-state index in [4.69, 9.17) is 23.7 Å². The van der Waals surface area contributed by atoms with Crippen molar-refractivity contribution in [3.05, 3.63) is 12.7 Å². The number of nitrogens with zero attached hydrogens (tertiary/aromatic N) is 4. The van der Waals surface area contributed by atoms with Crippen molar-refractivity contribution >= 4 is 23.1 Å². The highest BCUT2D eigenvalue weighted by molar-refractivity contribution is 5.82. The minimum Gasteiger partial charge on any atom is -0.447 e. The molecule has 2 aromatic heterocycles. The third-order valence-electron chi connectivity index (χ3n) is 5.61. The Morgan fingerprint density at radius 2 is 2.13 bits per heavy atom. The number of carbonyl (C=O) groups excluding carboxylic acids is 1. The molecule has 2 aromatic rings. The minimum absolute atomic E-state index is 0.0346. The molecule has 168 valence electrons. The quantitative estimate of drug-likeness (QED) is 0.697. The molecule has 3 fully saturated rings. The second-order valence-corrected chi connectivity index (χ2v) is 8.23. The van der Waals surface area contributed by atoms with Crippen LogP contribution in [0.15, 0.2) is 12.7 Å². The Kier molecular flexibility index (Phi) is 5.16. The maximum absolute atomic E-state index is 11.5. The number of rotatable bonds is 5. The molecule has 1 amide bonds. The highest BCUT2D eigenvalue weighted by Crippen LogP contribution is 2.44. The highest BCUT2D eigenvalue weighted by atomic mass is 16.8. The van der Waals surface area contributed by atoms with E-state index in [0.29, 0.717) is 23.6 Å². The molecule has 0 aromatic carbocycles. The fourth-order valence-corrected chi connectivity index (χ4v) is 4.23. The van der Waals surface area contributed by atoms with Gasteiger partial charge in [-0.1, -0.05) is 0 Å². The molecule has 5 atom stereocenters. The SMILES string of the molecule is CNC(=O)OCC1OC(n2cnc3c(N[C@@H]4CCOC4)ncnc32)C2OC(C)(C)OC12. The van der Waals surface area contributed by atoms with Crippen molar-refractivity contribution in [1.82, 2.24) is 24.8 Å². The first-order valence-corrected chi connectivity index (χ1v) is 10.3. The second-order valence-electron chi connectivity index (χ2n) is 8.23. The summed E-state index contributed by atoms with van der Waals surface area (Å²) in [5.41, 5.74) is 1.25. The van der Waals surface area contributed by atoms with Gasteiger partial charge in [0.15, 0.2) is 29.0 Å². The predicted octanol–water partition coefficient (Wildman–Crippen LogP) is 0.801. The molecular formula is C19H26N6O6. The van der Waals surface area contributed by atoms with Crippen LogP contribution in [0.25, 0.3) is 11.2 Å². The first kappa shape index (κ1) is 20.4. The molecule has 2 N–H and O–H groups in total. The number of anilines is 1. The van der Waals surface area contributed by atoms with Crippen molar-refractivity contribution in [2.75, 3.05) is 32.2 Å². The predicted molar refractivity (Wildman–Crippen MR) is 106 cm³/mol. The molecule has 12 nitrogen and oxygen atoms in total. The van der Waals surface area contributed by atoms with E-state index in [1.165, 1.54) is 13.4 Å². The number of imidazole rings is 1. The summed E-state index contributed by atoms with van der Waals surface area (Å²) in [6, 6.07) is 0.189. The summed E-state index contributed by atoms with van der Waals surface area (Å²) in [5, 5.41) is 5.81. The Labute approximate surface area is 178 Å². The average Bonchev–Trinajstić information content (AvgIpc) is 3.51. The highest BCUT2D eigenvalue weighted by Gasteiger charge is 2.56. The van der Waals surface area contributed by atoms with Crippen LogP contribution in [-0.4, -0.2) is 82.6 Å². The lowest BCUT2D eigenvalue weighted by Crippen LogP contribution is -2.35. The normalized spacial score (nSPS) is 31.6. The lowest BCUT2D eigenvalue weighted by Gasteiger charge is -2.24. The summed E-state index contributed by atoms with van der Waals surface area (Å²) < 4.78 is 30.9. The van der Waals surface area contributed by atoms with Crippen molar-refractivity contribution in [3.63, 3.8) is 0 Å². The second kappa shape index (κ2) is 7.86. The molecular weight excluding hydrogens is 408 g/mol. The summed E-state index contributed by atoms with van der Waals surface area (Å²) in [6.45, 7) is 5.09. The van der Waals surface area contributed by atoms with Gasteiger partial charge in [-0.3, -0.25) is 4.57 Å². The fourth-order valence-electron chi connectivity index (χ4n) is 4.23. The van der Waals surface area contributed by atoms with E-state index in [2.05, 4.69) is 25.6 Å². The lowest BCUT2D eigenvalue weighted by atomic mass is 10.1. The minimum atomic E-state index is -0.789. The zero-order chi connectivity index (χ0) is 21.6. The Hall–Kier alpha value is -2.54. The van der Waals surface area contributed by atoms with Crippen LogP contribution in [0.5, 0.6) is 0 Å². The molecule has 3 aliphatic heterocycles. The number of aromatic nitrogens is 4. The molecule has 0 bridgehead atoms. The largest absolute Gasteiger partial charge is 0.447 e. The maximum Gasteiger partial charge on any atom is 0.406 e. The summed E-state index contributed by atoms with van der Waals surface area (Å²) in [4.78, 5) is 24.9. The first-order chi connectivity index (χ1) is 14.9. The Morgan fingerprint density at radius 3 is 2.90 bits per heavy atom. The molecule has 3 saturated heterocycles. The number of fused-ring (bicyclic) bond motifs is 2. The first-order valence-electron chi connectivity index (χ1n) is 10.3. The molecule has 31 heavy (non-hydrogen) atoms. The molecule has 4 unspecified atom stereocenters. The van der Waals surface area contributed by atoms with E-state index < -0.39 is 36.4 Å². The van der Waals surface area contributed by atoms with E-state index in [9.17, 15) is 4.79 Å². The number of alkyl carbamates (subject to hydrolysis) is 1. The topological polar surface area (TPSA) is 131 Å². The Bertz CT molecular complexity index is 961. The summed E-state index contributed by atoms with van der Waals surface area (Å²) >= 11 is 0. The number of carbonyl (C=O) groups is 1. The van der Waals surface area contributed by atoms with Gasteiger partial charge < -0.3 is 34.3 Å². The van der Waals surface area contributed by atoms with Crippen LogP contribution in [0.3, 0.4) is 0 Å². The van der Waals surface area contributed by atoms with Crippen molar-refractivity contribution in [1.29, 1.82) is 0 Å². The molecule has 3 aliphatic rings. The summed E-state index contributed by atoms with van der Waals surface area (Å²) in [6.07, 6.45) is 1.66. The molecule has 12 heteroatoms. The molecule has 0 aliphatic carbocycles. The monoisotopic (exact) mass is 434 g/mol. The zero-order valence-corrected chi connectivity index (χ0v) is 17.6. The van der Waals surface area contributed by atoms with Gasteiger partial charge >= 0.3 is 6.09 Å². The number of hydrogen-bond donors (Lipinski definition) is 2. The fraction of sp³-hybridized carbons (Fsp3) is 0.684. The van der Waals surface area contributed by atoms with Crippen LogP contribution in [0, 0.1) is 0 Å². The van der Waals surface area contributed by atoms with Gasteiger partial charge in [-0.05, 0) is 20.3 Å². The van der Waals surface area contributed by atoms with Crippen LogP contribution in [0.4, 0.5) is 10.6 Å². The van der Waals surface area contributed by atoms with Gasteiger partial charge in [-0.2, -0.15) is 0 Å². The average molecular weight is 434 g/mol. The van der Waals surface area contributed by atoms with Crippen molar-refractivity contribution in [3.8, 4) is 0 Å². The molecule has 5 heterocycles. The number of hydrogen-bond acceptors (Lipinski definition) is 10. The molecule has 5 rings (SSSR count). The lowest BCUT2D eigenvalue weighted by molar-refractivity contribution is -0.199. The van der Waals surface area contributed by atoms with E-state index in [1.807, 2.05) is 18.4 Å². The van der Waals surface area contributed by atoms with Crippen LogP contribution in [-0.2, 0) is 23.7 Å². The van der Waals surface area contributed by atoms with Crippen LogP contribution in [0.1, 0.15) is 26.5 Å². The van der Waals surface area contributed by atoms with Crippen molar-refractivity contribution < 1.29 is 28.5 Å². The Morgan fingerprint density at radius 1 is 1.29 bits per heavy atom. The standard InChI is InChI=1S/C19H26N6O6/c1-19(2)30-13-11(7-28-18(26)20-3)29-17(14(13)31-19)25-9-23-12-15(21-8-22-16(12)25)24-10-4-5-27-6-10/h8-11,13-14,17H,4-7H2,1-3H3,(H,20,26)(H,21,22,24)/t10-,11?,13?,14?,17?/m1/s1. The van der Waals surface area contributed by atoms with Crippen LogP contribution < -0.4 is 10.6 Å². The van der Waals surface area contributed by atoms with E-state index in [1.54, 1.807) is 6.33 Å². The van der Waals surface area contributed by atoms with E-state index >= 15 is 0 Å². The molecule has 0 radical (unpaired) electrons. The third-order valence-corrected chi connectivity index (χ3v) is 5.61. The van der Waals surface area contributed by atoms with Gasteiger partial charge in [0.05, 0.1) is 19.0 Å². The van der Waals surface area contributed by atoms with Gasteiger partial charge in [0, 0.05) is 13.7 Å². The molecule has 0 saturated carbocycles. The Balaban J connectivity index is 1.42. The van der Waals surface area contributed by atoms with Crippen LogP contribution >= 0.6 is 0 Å². The van der Waals surface area contributed by atoms with Gasteiger partial charge in [0.25, 0.3) is 0 Å². The summed E-state index contributed by atoms with van der Waals surface area (Å²) in [7, 11) is 1.50. The van der Waals surface area contributed by atoms with E-state index in [-0.39, 0.29) is 12.6 Å².